The second-order valence-corrected chi connectivity index (χ2v) is 6.80. The van der Waals surface area contributed by atoms with E-state index in [0.717, 1.165) is 19.4 Å². The number of likely N-dealkylation sites (tertiary alicyclic amines) is 1. The molecule has 1 saturated heterocycles. The zero-order valence-electron chi connectivity index (χ0n) is 14.0. The molecule has 1 rings (SSSR count). The first-order valence-corrected chi connectivity index (χ1v) is 7.97. The summed E-state index contributed by atoms with van der Waals surface area (Å²) in [6, 6.07) is 0.276. The summed E-state index contributed by atoms with van der Waals surface area (Å²) in [6.07, 6.45) is 2.16. The molecule has 1 N–H and O–H groups in total. The van der Waals surface area contributed by atoms with Gasteiger partial charge in [-0.1, -0.05) is 20.8 Å². The zero-order chi connectivity index (χ0) is 16.2. The Bertz CT molecular complexity index is 371. The van der Waals surface area contributed by atoms with E-state index in [-0.39, 0.29) is 24.4 Å². The number of rotatable bonds is 5. The van der Waals surface area contributed by atoms with Crippen molar-refractivity contribution in [2.75, 3.05) is 20.1 Å². The molecule has 3 unspecified atom stereocenters. The van der Waals surface area contributed by atoms with Crippen molar-refractivity contribution in [1.29, 1.82) is 0 Å². The maximum atomic E-state index is 12.6. The fourth-order valence-electron chi connectivity index (χ4n) is 2.93. The number of carbonyl (C=O) groups excluding carboxylic acids is 1. The van der Waals surface area contributed by atoms with Crippen LogP contribution in [-0.4, -0.2) is 53.1 Å². The smallest absolute Gasteiger partial charge is 0.319 e. The average molecular weight is 298 g/mol. The fraction of sp³-hybridized carbons (Fsp3) is 0.875. The van der Waals surface area contributed by atoms with Crippen LogP contribution in [0.5, 0.6) is 0 Å². The molecule has 122 valence electrons. The Morgan fingerprint density at radius 3 is 2.43 bits per heavy atom. The van der Waals surface area contributed by atoms with Gasteiger partial charge < -0.3 is 14.9 Å². The SMILES string of the molecule is CC(C)C(C)N(C)C(=O)N1CCCC(C(C)CC(=O)O)C1. The molecule has 1 aliphatic heterocycles. The topological polar surface area (TPSA) is 60.9 Å². The van der Waals surface area contributed by atoms with E-state index in [4.69, 9.17) is 5.11 Å². The molecule has 0 saturated carbocycles. The van der Waals surface area contributed by atoms with Gasteiger partial charge in [0.1, 0.15) is 0 Å². The highest BCUT2D eigenvalue weighted by molar-refractivity contribution is 5.74. The van der Waals surface area contributed by atoms with Crippen LogP contribution in [0, 0.1) is 17.8 Å². The first-order valence-electron chi connectivity index (χ1n) is 7.97. The van der Waals surface area contributed by atoms with E-state index in [0.29, 0.717) is 18.4 Å². The molecule has 5 nitrogen and oxygen atoms in total. The molecule has 21 heavy (non-hydrogen) atoms. The minimum Gasteiger partial charge on any atom is -0.481 e. The van der Waals surface area contributed by atoms with E-state index < -0.39 is 5.97 Å². The lowest BCUT2D eigenvalue weighted by atomic mass is 9.85. The Balaban J connectivity index is 2.63. The zero-order valence-corrected chi connectivity index (χ0v) is 14.0. The molecule has 3 atom stereocenters. The summed E-state index contributed by atoms with van der Waals surface area (Å²) in [5.41, 5.74) is 0. The predicted octanol–water partition coefficient (Wildman–Crippen LogP) is 2.91. The van der Waals surface area contributed by atoms with Crippen molar-refractivity contribution in [2.45, 2.75) is 53.0 Å². The van der Waals surface area contributed by atoms with Gasteiger partial charge in [-0.25, -0.2) is 4.79 Å². The van der Waals surface area contributed by atoms with E-state index >= 15 is 0 Å². The number of aliphatic carboxylic acids is 1. The molecule has 0 bridgehead atoms. The maximum absolute atomic E-state index is 12.6. The molecule has 0 aromatic rings. The summed E-state index contributed by atoms with van der Waals surface area (Å²) in [6.45, 7) is 9.74. The molecule has 0 aromatic heterocycles. The minimum atomic E-state index is -0.753. The van der Waals surface area contributed by atoms with Crippen molar-refractivity contribution in [3.05, 3.63) is 0 Å². The van der Waals surface area contributed by atoms with Gasteiger partial charge in [-0.2, -0.15) is 0 Å². The number of nitrogens with zero attached hydrogens (tertiary/aromatic N) is 2. The van der Waals surface area contributed by atoms with Crippen molar-refractivity contribution in [2.24, 2.45) is 17.8 Å². The highest BCUT2D eigenvalue weighted by Crippen LogP contribution is 2.27. The second kappa shape index (κ2) is 7.66. The Morgan fingerprint density at radius 1 is 1.29 bits per heavy atom. The Morgan fingerprint density at radius 2 is 1.90 bits per heavy atom. The average Bonchev–Trinajstić information content (AvgIpc) is 2.44. The third-order valence-corrected chi connectivity index (χ3v) is 4.91. The van der Waals surface area contributed by atoms with Crippen LogP contribution in [0.2, 0.25) is 0 Å². The van der Waals surface area contributed by atoms with Gasteiger partial charge in [0, 0.05) is 32.6 Å². The molecular weight excluding hydrogens is 268 g/mol. The van der Waals surface area contributed by atoms with Crippen molar-refractivity contribution in [3.8, 4) is 0 Å². The summed E-state index contributed by atoms with van der Waals surface area (Å²) in [4.78, 5) is 27.1. The van der Waals surface area contributed by atoms with E-state index in [1.807, 2.05) is 23.8 Å². The first kappa shape index (κ1) is 17.8. The largest absolute Gasteiger partial charge is 0.481 e. The number of carboxylic acid groups (broad SMARTS) is 1. The molecule has 1 heterocycles. The van der Waals surface area contributed by atoms with Crippen LogP contribution in [0.15, 0.2) is 0 Å². The predicted molar refractivity (Wildman–Crippen MR) is 83.2 cm³/mol. The summed E-state index contributed by atoms with van der Waals surface area (Å²) in [7, 11) is 1.86. The fourth-order valence-corrected chi connectivity index (χ4v) is 2.93. The van der Waals surface area contributed by atoms with E-state index in [9.17, 15) is 9.59 Å². The van der Waals surface area contributed by atoms with E-state index in [1.165, 1.54) is 0 Å². The van der Waals surface area contributed by atoms with Gasteiger partial charge in [-0.05, 0) is 37.5 Å². The summed E-state index contributed by atoms with van der Waals surface area (Å²) >= 11 is 0. The molecular formula is C16H30N2O3. The number of amides is 2. The second-order valence-electron chi connectivity index (χ2n) is 6.80. The van der Waals surface area contributed by atoms with Crippen LogP contribution >= 0.6 is 0 Å². The van der Waals surface area contributed by atoms with Crippen LogP contribution in [-0.2, 0) is 4.79 Å². The van der Waals surface area contributed by atoms with Crippen LogP contribution in [0.1, 0.15) is 47.0 Å². The number of carbonyl (C=O) groups is 2. The van der Waals surface area contributed by atoms with Gasteiger partial charge in [-0.3, -0.25) is 4.79 Å². The van der Waals surface area contributed by atoms with Gasteiger partial charge in [0.25, 0.3) is 0 Å². The summed E-state index contributed by atoms with van der Waals surface area (Å²) < 4.78 is 0. The Labute approximate surface area is 128 Å². The standard InChI is InChI=1S/C16H30N2O3/c1-11(2)13(4)17(5)16(21)18-8-6-7-14(10-18)12(3)9-15(19)20/h11-14H,6-10H2,1-5H3,(H,19,20). The lowest BCUT2D eigenvalue weighted by Crippen LogP contribution is -2.50. The first-order chi connectivity index (χ1) is 9.73. The van der Waals surface area contributed by atoms with Crippen molar-refractivity contribution in [1.82, 2.24) is 9.80 Å². The van der Waals surface area contributed by atoms with Gasteiger partial charge in [0.15, 0.2) is 0 Å². The highest BCUT2D eigenvalue weighted by Gasteiger charge is 2.31. The van der Waals surface area contributed by atoms with E-state index in [1.54, 1.807) is 0 Å². The number of piperidine rings is 1. The van der Waals surface area contributed by atoms with Gasteiger partial charge >= 0.3 is 12.0 Å². The van der Waals surface area contributed by atoms with Crippen molar-refractivity contribution < 1.29 is 14.7 Å². The maximum Gasteiger partial charge on any atom is 0.319 e. The lowest BCUT2D eigenvalue weighted by Gasteiger charge is -2.39. The molecule has 0 aliphatic carbocycles. The Hall–Kier alpha value is -1.26. The highest BCUT2D eigenvalue weighted by atomic mass is 16.4. The molecule has 1 aliphatic rings. The van der Waals surface area contributed by atoms with Crippen molar-refractivity contribution >= 4 is 12.0 Å². The van der Waals surface area contributed by atoms with Gasteiger partial charge in [-0.15, -0.1) is 0 Å². The van der Waals surface area contributed by atoms with E-state index in [2.05, 4.69) is 20.8 Å². The minimum absolute atomic E-state index is 0.0726. The molecule has 0 radical (unpaired) electrons. The van der Waals surface area contributed by atoms with Gasteiger partial charge in [0.2, 0.25) is 0 Å². The van der Waals surface area contributed by atoms with Gasteiger partial charge in [0.05, 0.1) is 0 Å². The number of hydrogen-bond acceptors (Lipinski definition) is 2. The molecule has 2 amide bonds. The van der Waals surface area contributed by atoms with Crippen LogP contribution < -0.4 is 0 Å². The molecule has 1 fully saturated rings. The number of hydrogen-bond donors (Lipinski definition) is 1. The monoisotopic (exact) mass is 298 g/mol. The third-order valence-electron chi connectivity index (χ3n) is 4.91. The normalized spacial score (nSPS) is 22.0. The molecule has 5 heteroatoms. The Kier molecular flexibility index (Phi) is 6.49. The molecule has 0 spiro atoms. The van der Waals surface area contributed by atoms with Crippen LogP contribution in [0.25, 0.3) is 0 Å². The van der Waals surface area contributed by atoms with Crippen molar-refractivity contribution in [3.63, 3.8) is 0 Å². The lowest BCUT2D eigenvalue weighted by molar-refractivity contribution is -0.138. The number of carboxylic acids is 1. The quantitative estimate of drug-likeness (QED) is 0.849. The van der Waals surface area contributed by atoms with Crippen LogP contribution in [0.4, 0.5) is 4.79 Å². The third kappa shape index (κ3) is 4.90. The summed E-state index contributed by atoms with van der Waals surface area (Å²) in [5, 5.41) is 8.92. The molecule has 0 aromatic carbocycles. The number of urea groups is 1. The van der Waals surface area contributed by atoms with Crippen LogP contribution in [0.3, 0.4) is 0 Å². The summed E-state index contributed by atoms with van der Waals surface area (Å²) in [5.74, 6) is 0.0782.